The van der Waals surface area contributed by atoms with Crippen molar-refractivity contribution in [1.82, 2.24) is 9.97 Å². The highest BCUT2D eigenvalue weighted by Crippen LogP contribution is 2.20. The molecule has 2 aromatic carbocycles. The summed E-state index contributed by atoms with van der Waals surface area (Å²) < 4.78 is 0. The Balaban J connectivity index is 1.77. The molecule has 106 valence electrons. The van der Waals surface area contributed by atoms with Crippen LogP contribution < -0.4 is 11.1 Å². The zero-order chi connectivity index (χ0) is 14.7. The second-order valence-electron chi connectivity index (χ2n) is 5.14. The van der Waals surface area contributed by atoms with Crippen LogP contribution in [0, 0.1) is 0 Å². The maximum Gasteiger partial charge on any atom is 0.169 e. The van der Waals surface area contributed by atoms with Gasteiger partial charge in [0.05, 0.1) is 11.0 Å². The Morgan fingerprint density at radius 1 is 0.952 bits per heavy atom. The molecule has 0 saturated heterocycles. The maximum absolute atomic E-state index is 5.98. The minimum absolute atomic E-state index is 0.374. The molecule has 0 aliphatic heterocycles. The Kier molecular flexibility index (Phi) is 3.69. The number of hydrogen-bond donors (Lipinski definition) is 2. The molecule has 0 aliphatic rings. The number of fused-ring (bicyclic) bond motifs is 1. The SMILES string of the molecule is CC(CNc1nc2ccccc2nc1N)c1ccccc1. The molecule has 0 bridgehead atoms. The molecule has 1 aromatic heterocycles. The van der Waals surface area contributed by atoms with Gasteiger partial charge in [-0.1, -0.05) is 49.4 Å². The predicted molar refractivity (Wildman–Crippen MR) is 87.3 cm³/mol. The van der Waals surface area contributed by atoms with Crippen molar-refractivity contribution in [3.63, 3.8) is 0 Å². The van der Waals surface area contributed by atoms with Crippen LogP contribution in [-0.4, -0.2) is 16.5 Å². The average molecular weight is 278 g/mol. The van der Waals surface area contributed by atoms with Gasteiger partial charge in [-0.2, -0.15) is 0 Å². The first kappa shape index (κ1) is 13.4. The second kappa shape index (κ2) is 5.79. The van der Waals surface area contributed by atoms with Gasteiger partial charge in [0.15, 0.2) is 11.6 Å². The Morgan fingerprint density at radius 2 is 1.57 bits per heavy atom. The Labute approximate surface area is 124 Å². The summed E-state index contributed by atoms with van der Waals surface area (Å²) in [5.41, 5.74) is 8.93. The van der Waals surface area contributed by atoms with Crippen LogP contribution in [0.15, 0.2) is 54.6 Å². The molecule has 0 radical (unpaired) electrons. The number of anilines is 2. The smallest absolute Gasteiger partial charge is 0.169 e. The van der Waals surface area contributed by atoms with E-state index in [9.17, 15) is 0 Å². The van der Waals surface area contributed by atoms with Gasteiger partial charge in [0.1, 0.15) is 0 Å². The Hall–Kier alpha value is -2.62. The van der Waals surface area contributed by atoms with E-state index in [0.29, 0.717) is 17.6 Å². The molecule has 21 heavy (non-hydrogen) atoms. The molecule has 3 aromatic rings. The minimum Gasteiger partial charge on any atom is -0.381 e. The molecule has 4 heteroatoms. The first-order chi connectivity index (χ1) is 10.2. The highest BCUT2D eigenvalue weighted by Gasteiger charge is 2.08. The summed E-state index contributed by atoms with van der Waals surface area (Å²) in [7, 11) is 0. The molecule has 0 aliphatic carbocycles. The van der Waals surface area contributed by atoms with E-state index >= 15 is 0 Å². The topological polar surface area (TPSA) is 63.8 Å². The van der Waals surface area contributed by atoms with Crippen LogP contribution in [0.2, 0.25) is 0 Å². The number of nitrogens with one attached hydrogen (secondary N) is 1. The van der Waals surface area contributed by atoms with Gasteiger partial charge in [-0.15, -0.1) is 0 Å². The van der Waals surface area contributed by atoms with Crippen molar-refractivity contribution < 1.29 is 0 Å². The summed E-state index contributed by atoms with van der Waals surface area (Å²) in [4.78, 5) is 8.92. The second-order valence-corrected chi connectivity index (χ2v) is 5.14. The van der Waals surface area contributed by atoms with Crippen LogP contribution in [0.5, 0.6) is 0 Å². The molecule has 0 amide bonds. The van der Waals surface area contributed by atoms with Gasteiger partial charge in [-0.25, -0.2) is 9.97 Å². The summed E-state index contributed by atoms with van der Waals surface area (Å²) in [6, 6.07) is 18.1. The average Bonchev–Trinajstić information content (AvgIpc) is 2.53. The third kappa shape index (κ3) is 2.94. The van der Waals surface area contributed by atoms with Gasteiger partial charge in [0.2, 0.25) is 0 Å². The number of rotatable bonds is 4. The third-order valence-electron chi connectivity index (χ3n) is 3.54. The third-order valence-corrected chi connectivity index (χ3v) is 3.54. The predicted octanol–water partition coefficient (Wildman–Crippen LogP) is 3.43. The molecule has 1 heterocycles. The van der Waals surface area contributed by atoms with Crippen molar-refractivity contribution in [3.05, 3.63) is 60.2 Å². The van der Waals surface area contributed by atoms with Gasteiger partial charge < -0.3 is 11.1 Å². The molecule has 1 atom stereocenters. The molecule has 0 saturated carbocycles. The van der Waals surface area contributed by atoms with Gasteiger partial charge in [-0.05, 0) is 23.6 Å². The fourth-order valence-corrected chi connectivity index (χ4v) is 2.29. The van der Waals surface area contributed by atoms with Crippen molar-refractivity contribution in [2.45, 2.75) is 12.8 Å². The van der Waals surface area contributed by atoms with E-state index in [1.807, 2.05) is 30.3 Å². The van der Waals surface area contributed by atoms with Crippen molar-refractivity contribution in [2.75, 3.05) is 17.6 Å². The minimum atomic E-state index is 0.374. The molecule has 3 rings (SSSR count). The zero-order valence-corrected chi connectivity index (χ0v) is 12.0. The van der Waals surface area contributed by atoms with E-state index in [1.165, 1.54) is 5.56 Å². The number of nitrogens with two attached hydrogens (primary N) is 1. The number of benzene rings is 2. The number of aromatic nitrogens is 2. The molecule has 4 nitrogen and oxygen atoms in total. The summed E-state index contributed by atoms with van der Waals surface area (Å²) >= 11 is 0. The first-order valence-corrected chi connectivity index (χ1v) is 7.05. The molecule has 1 unspecified atom stereocenters. The lowest BCUT2D eigenvalue weighted by Gasteiger charge is -2.14. The van der Waals surface area contributed by atoms with Crippen LogP contribution in [0.25, 0.3) is 11.0 Å². The highest BCUT2D eigenvalue weighted by molar-refractivity contribution is 5.79. The van der Waals surface area contributed by atoms with Crippen molar-refractivity contribution in [3.8, 4) is 0 Å². The van der Waals surface area contributed by atoms with E-state index in [-0.39, 0.29) is 0 Å². The monoisotopic (exact) mass is 278 g/mol. The van der Waals surface area contributed by atoms with Gasteiger partial charge in [0.25, 0.3) is 0 Å². The van der Waals surface area contributed by atoms with E-state index in [2.05, 4.69) is 46.5 Å². The molecule has 0 spiro atoms. The highest BCUT2D eigenvalue weighted by atomic mass is 15.1. The Bertz CT molecular complexity index is 740. The number of hydrogen-bond acceptors (Lipinski definition) is 4. The van der Waals surface area contributed by atoms with Crippen molar-refractivity contribution in [1.29, 1.82) is 0 Å². The summed E-state index contributed by atoms with van der Waals surface area (Å²) in [5, 5.41) is 3.30. The number of nitrogens with zero attached hydrogens (tertiary/aromatic N) is 2. The van der Waals surface area contributed by atoms with E-state index in [4.69, 9.17) is 5.73 Å². The summed E-state index contributed by atoms with van der Waals surface area (Å²) in [5.74, 6) is 1.46. The standard InChI is InChI=1S/C17H18N4/c1-12(13-7-3-2-4-8-13)11-19-17-16(18)20-14-9-5-6-10-15(14)21-17/h2-10,12H,11H2,1H3,(H2,18,20)(H,19,21). The maximum atomic E-state index is 5.98. The van der Waals surface area contributed by atoms with Crippen LogP contribution in [-0.2, 0) is 0 Å². The van der Waals surface area contributed by atoms with E-state index in [1.54, 1.807) is 0 Å². The summed E-state index contributed by atoms with van der Waals surface area (Å²) in [6.45, 7) is 2.94. The lowest BCUT2D eigenvalue weighted by atomic mass is 10.0. The fraction of sp³-hybridized carbons (Fsp3) is 0.176. The van der Waals surface area contributed by atoms with E-state index < -0.39 is 0 Å². The molecule has 3 N–H and O–H groups in total. The number of nitrogen functional groups attached to an aromatic ring is 1. The Morgan fingerprint density at radius 3 is 2.29 bits per heavy atom. The molecular formula is C17H18N4. The van der Waals surface area contributed by atoms with Crippen molar-refractivity contribution >= 4 is 22.7 Å². The van der Waals surface area contributed by atoms with Crippen LogP contribution in [0.4, 0.5) is 11.6 Å². The fourth-order valence-electron chi connectivity index (χ4n) is 2.29. The lowest BCUT2D eigenvalue weighted by molar-refractivity contribution is 0.802. The van der Waals surface area contributed by atoms with E-state index in [0.717, 1.165) is 17.6 Å². The molecule has 0 fully saturated rings. The van der Waals surface area contributed by atoms with Crippen LogP contribution in [0.3, 0.4) is 0 Å². The summed E-state index contributed by atoms with van der Waals surface area (Å²) in [6.07, 6.45) is 0. The van der Waals surface area contributed by atoms with Crippen LogP contribution in [0.1, 0.15) is 18.4 Å². The van der Waals surface area contributed by atoms with Gasteiger partial charge >= 0.3 is 0 Å². The van der Waals surface area contributed by atoms with Gasteiger partial charge in [0, 0.05) is 6.54 Å². The first-order valence-electron chi connectivity index (χ1n) is 7.05. The molecular weight excluding hydrogens is 260 g/mol. The lowest BCUT2D eigenvalue weighted by Crippen LogP contribution is -2.13. The number of para-hydroxylation sites is 2. The largest absolute Gasteiger partial charge is 0.381 e. The van der Waals surface area contributed by atoms with Gasteiger partial charge in [-0.3, -0.25) is 0 Å². The van der Waals surface area contributed by atoms with Crippen LogP contribution >= 0.6 is 0 Å². The zero-order valence-electron chi connectivity index (χ0n) is 12.0. The van der Waals surface area contributed by atoms with Crippen molar-refractivity contribution in [2.24, 2.45) is 0 Å². The normalized spacial score (nSPS) is 12.2. The quantitative estimate of drug-likeness (QED) is 0.767.